The average Bonchev–Trinajstić information content (AvgIpc) is 2.62. The molecule has 86 valence electrons. The maximum absolute atomic E-state index is 9.63. The van der Waals surface area contributed by atoms with Crippen molar-refractivity contribution < 1.29 is 9.84 Å². The third-order valence-corrected chi connectivity index (χ3v) is 2.47. The molecule has 1 heterocycles. The Balaban J connectivity index is 2.16. The average molecular weight is 229 g/mol. The minimum atomic E-state index is -0.468. The van der Waals surface area contributed by atoms with Crippen molar-refractivity contribution in [2.24, 2.45) is 0 Å². The van der Waals surface area contributed by atoms with Gasteiger partial charge in [0, 0.05) is 17.5 Å². The van der Waals surface area contributed by atoms with Crippen LogP contribution in [0.2, 0.25) is 0 Å². The Kier molecular flexibility index (Phi) is 4.57. The molecular formula is C11H19NO2S. The maximum Gasteiger partial charge on any atom is 0.130 e. The van der Waals surface area contributed by atoms with E-state index in [4.69, 9.17) is 4.74 Å². The molecule has 3 nitrogen and oxygen atoms in total. The molecule has 0 bridgehead atoms. The zero-order valence-corrected chi connectivity index (χ0v) is 10.3. The van der Waals surface area contributed by atoms with Crippen molar-refractivity contribution in [2.75, 3.05) is 13.2 Å². The van der Waals surface area contributed by atoms with Gasteiger partial charge in [-0.2, -0.15) is 0 Å². The Morgan fingerprint density at radius 3 is 2.80 bits per heavy atom. The number of hydrogen-bond donors (Lipinski definition) is 2. The zero-order valence-electron chi connectivity index (χ0n) is 9.49. The number of thiophene rings is 1. The first-order chi connectivity index (χ1) is 6.97. The van der Waals surface area contributed by atoms with Crippen LogP contribution in [-0.4, -0.2) is 29.9 Å². The van der Waals surface area contributed by atoms with E-state index in [1.807, 2.05) is 16.8 Å². The van der Waals surface area contributed by atoms with Gasteiger partial charge >= 0.3 is 0 Å². The molecule has 0 fully saturated rings. The Labute approximate surface area is 95.1 Å². The summed E-state index contributed by atoms with van der Waals surface area (Å²) in [5, 5.41) is 16.7. The highest BCUT2D eigenvalue weighted by Gasteiger charge is 2.12. The molecule has 1 atom stereocenters. The van der Waals surface area contributed by atoms with Crippen LogP contribution in [0.15, 0.2) is 16.8 Å². The van der Waals surface area contributed by atoms with Gasteiger partial charge in [0.2, 0.25) is 0 Å². The van der Waals surface area contributed by atoms with Crippen molar-refractivity contribution in [3.05, 3.63) is 16.8 Å². The topological polar surface area (TPSA) is 41.5 Å². The second kappa shape index (κ2) is 5.49. The van der Waals surface area contributed by atoms with Crippen molar-refractivity contribution in [3.8, 4) is 5.75 Å². The van der Waals surface area contributed by atoms with Crippen LogP contribution in [0.5, 0.6) is 5.75 Å². The van der Waals surface area contributed by atoms with Crippen molar-refractivity contribution in [1.29, 1.82) is 0 Å². The van der Waals surface area contributed by atoms with Crippen LogP contribution in [0, 0.1) is 0 Å². The molecule has 0 aliphatic heterocycles. The van der Waals surface area contributed by atoms with Gasteiger partial charge in [-0.1, -0.05) is 0 Å². The van der Waals surface area contributed by atoms with E-state index < -0.39 is 6.10 Å². The molecule has 0 aromatic carbocycles. The van der Waals surface area contributed by atoms with Gasteiger partial charge in [-0.3, -0.25) is 0 Å². The molecule has 1 rings (SSSR count). The monoisotopic (exact) mass is 229 g/mol. The zero-order chi connectivity index (χ0) is 11.3. The van der Waals surface area contributed by atoms with Gasteiger partial charge in [-0.25, -0.2) is 0 Å². The molecule has 1 aromatic heterocycles. The second-order valence-electron chi connectivity index (χ2n) is 4.55. The van der Waals surface area contributed by atoms with Crippen LogP contribution < -0.4 is 10.1 Å². The summed E-state index contributed by atoms with van der Waals surface area (Å²) >= 11 is 1.59. The van der Waals surface area contributed by atoms with E-state index in [0.717, 1.165) is 5.75 Å². The molecule has 2 N–H and O–H groups in total. The first-order valence-electron chi connectivity index (χ1n) is 5.05. The number of rotatable bonds is 5. The summed E-state index contributed by atoms with van der Waals surface area (Å²) in [5.74, 6) is 0.829. The lowest BCUT2D eigenvalue weighted by Crippen LogP contribution is -2.42. The Morgan fingerprint density at radius 2 is 2.27 bits per heavy atom. The second-order valence-corrected chi connectivity index (χ2v) is 5.33. The number of hydrogen-bond acceptors (Lipinski definition) is 4. The highest BCUT2D eigenvalue weighted by atomic mass is 32.1. The summed E-state index contributed by atoms with van der Waals surface area (Å²) in [5.41, 5.74) is 0.0311. The van der Waals surface area contributed by atoms with Crippen molar-refractivity contribution in [3.63, 3.8) is 0 Å². The van der Waals surface area contributed by atoms with Gasteiger partial charge < -0.3 is 15.2 Å². The molecule has 0 saturated heterocycles. The summed E-state index contributed by atoms with van der Waals surface area (Å²) < 4.78 is 5.39. The van der Waals surface area contributed by atoms with E-state index >= 15 is 0 Å². The summed E-state index contributed by atoms with van der Waals surface area (Å²) in [6, 6.07) is 1.90. The van der Waals surface area contributed by atoms with Gasteiger partial charge in [0.1, 0.15) is 18.5 Å². The van der Waals surface area contributed by atoms with Crippen LogP contribution in [-0.2, 0) is 0 Å². The van der Waals surface area contributed by atoms with E-state index in [1.54, 1.807) is 11.3 Å². The smallest absolute Gasteiger partial charge is 0.130 e. The van der Waals surface area contributed by atoms with Crippen LogP contribution in [0.1, 0.15) is 20.8 Å². The van der Waals surface area contributed by atoms with E-state index in [2.05, 4.69) is 26.1 Å². The maximum atomic E-state index is 9.63. The SMILES string of the molecule is CC(C)(C)NCC(O)COc1ccsc1. The Morgan fingerprint density at radius 1 is 1.53 bits per heavy atom. The number of aliphatic hydroxyl groups excluding tert-OH is 1. The molecule has 0 saturated carbocycles. The molecule has 15 heavy (non-hydrogen) atoms. The third-order valence-electron chi connectivity index (χ3n) is 1.81. The lowest BCUT2D eigenvalue weighted by Gasteiger charge is -2.22. The fourth-order valence-electron chi connectivity index (χ4n) is 1.01. The lowest BCUT2D eigenvalue weighted by atomic mass is 10.1. The van der Waals surface area contributed by atoms with Gasteiger partial charge in [0.15, 0.2) is 0 Å². The molecule has 0 radical (unpaired) electrons. The minimum absolute atomic E-state index is 0.0311. The van der Waals surface area contributed by atoms with E-state index in [1.165, 1.54) is 0 Å². The number of aliphatic hydroxyl groups is 1. The van der Waals surface area contributed by atoms with Crippen LogP contribution in [0.25, 0.3) is 0 Å². The predicted molar refractivity (Wildman–Crippen MR) is 63.6 cm³/mol. The van der Waals surface area contributed by atoms with Crippen LogP contribution in [0.4, 0.5) is 0 Å². The fourth-order valence-corrected chi connectivity index (χ4v) is 1.58. The molecule has 0 amide bonds. The van der Waals surface area contributed by atoms with Gasteiger partial charge in [0.05, 0.1) is 0 Å². The number of nitrogens with one attached hydrogen (secondary N) is 1. The summed E-state index contributed by atoms with van der Waals surface area (Å²) in [7, 11) is 0. The van der Waals surface area contributed by atoms with Crippen molar-refractivity contribution >= 4 is 11.3 Å². The minimum Gasteiger partial charge on any atom is -0.490 e. The van der Waals surface area contributed by atoms with Crippen LogP contribution in [0.3, 0.4) is 0 Å². The molecule has 0 aliphatic rings. The third kappa shape index (κ3) is 5.77. The van der Waals surface area contributed by atoms with E-state index in [9.17, 15) is 5.11 Å². The standard InChI is InChI=1S/C11H19NO2S/c1-11(2,3)12-6-9(13)7-14-10-4-5-15-8-10/h4-5,8-9,12-13H,6-7H2,1-3H3. The Hall–Kier alpha value is -0.580. The summed E-state index contributed by atoms with van der Waals surface area (Å²) in [6.45, 7) is 7.09. The van der Waals surface area contributed by atoms with E-state index in [0.29, 0.717) is 13.2 Å². The summed E-state index contributed by atoms with van der Waals surface area (Å²) in [4.78, 5) is 0. The lowest BCUT2D eigenvalue weighted by molar-refractivity contribution is 0.100. The van der Waals surface area contributed by atoms with Gasteiger partial charge in [0.25, 0.3) is 0 Å². The fraction of sp³-hybridized carbons (Fsp3) is 0.636. The normalized spacial score (nSPS) is 13.9. The molecule has 4 heteroatoms. The highest BCUT2D eigenvalue weighted by molar-refractivity contribution is 7.08. The quantitative estimate of drug-likeness (QED) is 0.810. The number of β-amino-alcohol motifs (C(OH)–C–C–N with tert-alkyl or cyclic N) is 1. The van der Waals surface area contributed by atoms with Crippen molar-refractivity contribution in [1.82, 2.24) is 5.32 Å². The molecular weight excluding hydrogens is 210 g/mol. The van der Waals surface area contributed by atoms with Gasteiger partial charge in [-0.15, -0.1) is 11.3 Å². The largest absolute Gasteiger partial charge is 0.490 e. The molecule has 1 aromatic rings. The number of ether oxygens (including phenoxy) is 1. The highest BCUT2D eigenvalue weighted by Crippen LogP contribution is 2.14. The van der Waals surface area contributed by atoms with E-state index in [-0.39, 0.29) is 5.54 Å². The predicted octanol–water partition coefficient (Wildman–Crippen LogP) is 1.88. The molecule has 0 aliphatic carbocycles. The van der Waals surface area contributed by atoms with Gasteiger partial charge in [-0.05, 0) is 32.2 Å². The molecule has 0 spiro atoms. The van der Waals surface area contributed by atoms with Crippen LogP contribution >= 0.6 is 11.3 Å². The molecule has 1 unspecified atom stereocenters. The van der Waals surface area contributed by atoms with Crippen molar-refractivity contribution in [2.45, 2.75) is 32.4 Å². The first-order valence-corrected chi connectivity index (χ1v) is 6.00. The Bertz CT molecular complexity index is 267. The summed E-state index contributed by atoms with van der Waals surface area (Å²) in [6.07, 6.45) is -0.468. The first kappa shape index (κ1) is 12.5.